The first-order valence-electron chi connectivity index (χ1n) is 4.03. The van der Waals surface area contributed by atoms with E-state index in [9.17, 15) is 14.7 Å². The summed E-state index contributed by atoms with van der Waals surface area (Å²) in [5.41, 5.74) is 0. The largest absolute Gasteiger partial charge is 0.476 e. The highest BCUT2D eigenvalue weighted by molar-refractivity contribution is 5.80. The van der Waals surface area contributed by atoms with Crippen LogP contribution in [0.1, 0.15) is 19.8 Å². The van der Waals surface area contributed by atoms with Gasteiger partial charge >= 0.3 is 18.0 Å². The molecule has 1 atom stereocenters. The predicted molar refractivity (Wildman–Crippen MR) is 44.6 cm³/mol. The Morgan fingerprint density at radius 3 is 2.36 bits per heavy atom. The molecule has 0 aromatic carbocycles. The number of nitrogens with one attached hydrogen (secondary N) is 1. The fourth-order valence-electron chi connectivity index (χ4n) is 0.660. The van der Waals surface area contributed by atoms with Crippen LogP contribution < -0.4 is 5.32 Å². The molecule has 0 bridgehead atoms. The molecule has 1 amide bonds. The molecular weight excluding hydrogens is 194 g/mol. The van der Waals surface area contributed by atoms with E-state index >= 15 is 0 Å². The number of ether oxygens (including phenoxy) is 1. The summed E-state index contributed by atoms with van der Waals surface area (Å²) in [6.07, 6.45) is -0.411. The van der Waals surface area contributed by atoms with Gasteiger partial charge in [-0.1, -0.05) is 13.3 Å². The summed E-state index contributed by atoms with van der Waals surface area (Å²) >= 11 is 0. The van der Waals surface area contributed by atoms with Crippen LogP contribution in [-0.4, -0.2) is 39.9 Å². The number of rotatable bonds is 6. The molecule has 0 saturated heterocycles. The number of carboxylic acids is 1. The second-order valence-electron chi connectivity index (χ2n) is 2.58. The maximum absolute atomic E-state index is 10.5. The van der Waals surface area contributed by atoms with Gasteiger partial charge in [0.25, 0.3) is 0 Å². The zero-order valence-corrected chi connectivity index (χ0v) is 7.69. The highest BCUT2D eigenvalue weighted by Gasteiger charge is 2.39. The van der Waals surface area contributed by atoms with Crippen LogP contribution in [0.25, 0.3) is 0 Å². The maximum atomic E-state index is 10.5. The van der Waals surface area contributed by atoms with E-state index in [1.165, 1.54) is 5.32 Å². The fourth-order valence-corrected chi connectivity index (χ4v) is 0.660. The Bertz CT molecular complexity index is 218. The number of hydrogen-bond acceptors (Lipinski definition) is 4. The molecule has 0 aliphatic heterocycles. The van der Waals surface area contributed by atoms with Crippen molar-refractivity contribution in [1.82, 2.24) is 5.32 Å². The smallest absolute Gasteiger partial charge is 0.409 e. The van der Waals surface area contributed by atoms with Gasteiger partial charge in [0.2, 0.25) is 0 Å². The molecule has 0 aromatic heterocycles. The van der Waals surface area contributed by atoms with Gasteiger partial charge in [0, 0.05) is 0 Å². The zero-order chi connectivity index (χ0) is 11.2. The maximum Gasteiger partial charge on any atom is 0.409 e. The number of carbonyl (C=O) groups is 2. The third-order valence-corrected chi connectivity index (χ3v) is 1.38. The molecule has 0 radical (unpaired) electrons. The van der Waals surface area contributed by atoms with Crippen molar-refractivity contribution >= 4 is 12.1 Å². The van der Waals surface area contributed by atoms with Crippen LogP contribution >= 0.6 is 0 Å². The second-order valence-corrected chi connectivity index (χ2v) is 2.58. The molecule has 4 N–H and O–H groups in total. The van der Waals surface area contributed by atoms with Crippen LogP contribution in [0.3, 0.4) is 0 Å². The highest BCUT2D eigenvalue weighted by atomic mass is 16.7. The predicted octanol–water partition coefficient (Wildman–Crippen LogP) is -0.199. The third-order valence-electron chi connectivity index (χ3n) is 1.38. The van der Waals surface area contributed by atoms with Gasteiger partial charge < -0.3 is 20.1 Å². The third kappa shape index (κ3) is 4.06. The fraction of sp³-hybridized carbons (Fsp3) is 0.714. The van der Waals surface area contributed by atoms with Crippen molar-refractivity contribution in [2.75, 3.05) is 6.61 Å². The van der Waals surface area contributed by atoms with E-state index in [0.29, 0.717) is 6.42 Å². The monoisotopic (exact) mass is 207 g/mol. The van der Waals surface area contributed by atoms with Crippen LogP contribution in [0, 0.1) is 0 Å². The Labute approximate surface area is 80.3 Å². The number of carboxylic acid groups (broad SMARTS) is 2. The normalized spacial score (nSPS) is 14.4. The van der Waals surface area contributed by atoms with Gasteiger partial charge in [0.05, 0.1) is 6.61 Å². The van der Waals surface area contributed by atoms with E-state index < -0.39 is 18.0 Å². The summed E-state index contributed by atoms with van der Waals surface area (Å²) in [5.74, 6) is -4.66. The first-order chi connectivity index (χ1) is 6.42. The van der Waals surface area contributed by atoms with Crippen molar-refractivity contribution in [3.63, 3.8) is 0 Å². The number of unbranched alkanes of at least 4 members (excludes halogenated alkanes) is 1. The summed E-state index contributed by atoms with van der Waals surface area (Å²) in [4.78, 5) is 20.6. The Morgan fingerprint density at radius 2 is 2.00 bits per heavy atom. The van der Waals surface area contributed by atoms with Crippen LogP contribution in [0.4, 0.5) is 4.79 Å². The van der Waals surface area contributed by atoms with E-state index in [4.69, 9.17) is 10.2 Å². The van der Waals surface area contributed by atoms with Gasteiger partial charge in [0.15, 0.2) is 0 Å². The summed E-state index contributed by atoms with van der Waals surface area (Å²) < 4.78 is 4.51. The summed E-state index contributed by atoms with van der Waals surface area (Å²) in [5, 5.41) is 27.3. The van der Waals surface area contributed by atoms with Crippen LogP contribution in [-0.2, 0) is 9.53 Å². The van der Waals surface area contributed by atoms with Gasteiger partial charge in [-0.05, 0) is 6.42 Å². The summed E-state index contributed by atoms with van der Waals surface area (Å²) in [6, 6.07) is 0. The minimum atomic E-state index is -2.86. The molecule has 14 heavy (non-hydrogen) atoms. The van der Waals surface area contributed by atoms with Gasteiger partial charge in [-0.15, -0.1) is 0 Å². The van der Waals surface area contributed by atoms with Crippen molar-refractivity contribution in [2.24, 2.45) is 0 Å². The van der Waals surface area contributed by atoms with Crippen molar-refractivity contribution in [3.05, 3.63) is 0 Å². The first-order valence-corrected chi connectivity index (χ1v) is 4.03. The number of aliphatic hydroxyl groups is 1. The number of hydrogen-bond donors (Lipinski definition) is 4. The molecule has 0 fully saturated rings. The topological polar surface area (TPSA) is 116 Å². The van der Waals surface area contributed by atoms with Crippen molar-refractivity contribution in [2.45, 2.75) is 25.7 Å². The molecule has 0 aliphatic rings. The molecule has 0 saturated carbocycles. The van der Waals surface area contributed by atoms with Gasteiger partial charge in [-0.25, -0.2) is 9.59 Å². The Hall–Kier alpha value is -1.34. The van der Waals surface area contributed by atoms with Crippen LogP contribution in [0.5, 0.6) is 0 Å². The average Bonchev–Trinajstić information content (AvgIpc) is 2.03. The van der Waals surface area contributed by atoms with Crippen LogP contribution in [0.15, 0.2) is 0 Å². The van der Waals surface area contributed by atoms with Gasteiger partial charge in [0.1, 0.15) is 0 Å². The number of amides is 1. The minimum absolute atomic E-state index is 0.0421. The molecule has 7 heteroatoms. The lowest BCUT2D eigenvalue weighted by molar-refractivity contribution is -0.232. The molecule has 0 rings (SSSR count). The molecule has 0 spiro atoms. The lowest BCUT2D eigenvalue weighted by atomic mass is 10.3. The Balaban J connectivity index is 4.24. The highest BCUT2D eigenvalue weighted by Crippen LogP contribution is 2.04. The van der Waals surface area contributed by atoms with E-state index in [-0.39, 0.29) is 6.61 Å². The Morgan fingerprint density at radius 1 is 1.43 bits per heavy atom. The van der Waals surface area contributed by atoms with E-state index in [1.54, 1.807) is 0 Å². The van der Waals surface area contributed by atoms with Crippen molar-refractivity contribution in [1.29, 1.82) is 0 Å². The quantitative estimate of drug-likeness (QED) is 0.354. The zero-order valence-electron chi connectivity index (χ0n) is 7.69. The molecule has 0 aliphatic carbocycles. The standard InChI is InChI=1S/C7H13NO6/c1-2-3-4-14-7(13,5(9)10)8-6(11)12/h8,13H,2-4H2,1H3,(H,9,10)(H,11,12). The van der Waals surface area contributed by atoms with Gasteiger partial charge in [-0.2, -0.15) is 0 Å². The molecule has 82 valence electrons. The number of aliphatic carboxylic acids is 1. The van der Waals surface area contributed by atoms with Gasteiger partial charge in [-0.3, -0.25) is 5.32 Å². The second kappa shape index (κ2) is 5.40. The van der Waals surface area contributed by atoms with E-state index in [2.05, 4.69) is 4.74 Å². The lowest BCUT2D eigenvalue weighted by Gasteiger charge is -2.22. The summed E-state index contributed by atoms with van der Waals surface area (Å²) in [7, 11) is 0. The van der Waals surface area contributed by atoms with Crippen molar-refractivity contribution < 1.29 is 29.6 Å². The van der Waals surface area contributed by atoms with E-state index in [0.717, 1.165) is 6.42 Å². The Kier molecular flexibility index (Phi) is 4.89. The summed E-state index contributed by atoms with van der Waals surface area (Å²) in [6.45, 7) is 1.80. The average molecular weight is 207 g/mol. The molecular formula is C7H13NO6. The van der Waals surface area contributed by atoms with Crippen LogP contribution in [0.2, 0.25) is 0 Å². The molecule has 0 heterocycles. The molecule has 7 nitrogen and oxygen atoms in total. The SMILES string of the molecule is CCCCOC(O)(NC(=O)O)C(=O)O. The lowest BCUT2D eigenvalue weighted by Crippen LogP contribution is -2.56. The minimum Gasteiger partial charge on any atom is -0.476 e. The van der Waals surface area contributed by atoms with Crippen molar-refractivity contribution in [3.8, 4) is 0 Å². The molecule has 0 aromatic rings. The first kappa shape index (κ1) is 12.7. The molecule has 1 unspecified atom stereocenters. The van der Waals surface area contributed by atoms with E-state index in [1.807, 2.05) is 6.92 Å².